The summed E-state index contributed by atoms with van der Waals surface area (Å²) in [6.07, 6.45) is 0. The van der Waals surface area contributed by atoms with Crippen LogP contribution in [0.1, 0.15) is 21.7 Å². The van der Waals surface area contributed by atoms with E-state index in [0.29, 0.717) is 43.8 Å². The van der Waals surface area contributed by atoms with Crippen molar-refractivity contribution in [3.8, 4) is 11.4 Å². The number of methoxy groups -OCH3 is 1. The van der Waals surface area contributed by atoms with Crippen LogP contribution >= 0.6 is 35.0 Å². The Balaban J connectivity index is 1.57. The zero-order valence-electron chi connectivity index (χ0n) is 18.0. The molecule has 1 N–H and O–H groups in total. The number of ether oxygens (including phenoxy) is 1. The predicted molar refractivity (Wildman–Crippen MR) is 132 cm³/mol. The average molecular weight is 517 g/mol. The molecule has 0 aliphatic rings. The van der Waals surface area contributed by atoms with Gasteiger partial charge in [-0.1, -0.05) is 47.1 Å². The number of amides is 1. The lowest BCUT2D eigenvalue weighted by Gasteiger charge is -2.12. The van der Waals surface area contributed by atoms with E-state index in [1.807, 2.05) is 4.57 Å². The minimum Gasteiger partial charge on any atom is -0.497 e. The summed E-state index contributed by atoms with van der Waals surface area (Å²) in [4.78, 5) is 12.6. The first-order valence-corrected chi connectivity index (χ1v) is 11.9. The highest BCUT2D eigenvalue weighted by molar-refractivity contribution is 7.98. The van der Waals surface area contributed by atoms with Crippen molar-refractivity contribution in [2.24, 2.45) is 0 Å². The summed E-state index contributed by atoms with van der Waals surface area (Å²) in [6, 6.07) is 18.3. The summed E-state index contributed by atoms with van der Waals surface area (Å²) in [6.45, 7) is 0.134. The van der Waals surface area contributed by atoms with Gasteiger partial charge in [-0.05, 0) is 60.2 Å². The van der Waals surface area contributed by atoms with E-state index in [4.69, 9.17) is 27.9 Å². The third kappa shape index (κ3) is 5.70. The first-order valence-electron chi connectivity index (χ1n) is 10.1. The maximum absolute atomic E-state index is 13.2. The highest BCUT2D eigenvalue weighted by atomic mass is 35.5. The van der Waals surface area contributed by atoms with Gasteiger partial charge in [0.05, 0.1) is 29.4 Å². The fourth-order valence-corrected chi connectivity index (χ4v) is 4.34. The van der Waals surface area contributed by atoms with E-state index in [-0.39, 0.29) is 18.3 Å². The van der Waals surface area contributed by atoms with Crippen molar-refractivity contribution < 1.29 is 13.9 Å². The van der Waals surface area contributed by atoms with Gasteiger partial charge in [0, 0.05) is 11.3 Å². The molecule has 0 saturated heterocycles. The number of carbonyl (C=O) groups is 1. The molecule has 0 unspecified atom stereocenters. The summed E-state index contributed by atoms with van der Waals surface area (Å²) in [7, 11) is 1.57. The molecule has 0 saturated carbocycles. The summed E-state index contributed by atoms with van der Waals surface area (Å²) >= 11 is 13.8. The quantitative estimate of drug-likeness (QED) is 0.293. The molecule has 0 aliphatic carbocycles. The normalized spacial score (nSPS) is 10.8. The van der Waals surface area contributed by atoms with Crippen LogP contribution in [0, 0.1) is 5.82 Å². The molecular formula is C24H19Cl2FN4O2S. The molecule has 34 heavy (non-hydrogen) atoms. The zero-order chi connectivity index (χ0) is 24.1. The number of hydrogen-bond donors (Lipinski definition) is 1. The number of carbonyl (C=O) groups excluding carboxylic acids is 1. The topological polar surface area (TPSA) is 69.0 Å². The van der Waals surface area contributed by atoms with Crippen LogP contribution in [0.15, 0.2) is 71.9 Å². The molecule has 0 aliphatic heterocycles. The lowest BCUT2D eigenvalue weighted by atomic mass is 10.2. The Morgan fingerprint density at radius 1 is 1.03 bits per heavy atom. The van der Waals surface area contributed by atoms with Crippen molar-refractivity contribution in [2.75, 3.05) is 7.11 Å². The minimum absolute atomic E-state index is 0.134. The van der Waals surface area contributed by atoms with Crippen LogP contribution in [0.2, 0.25) is 10.0 Å². The van der Waals surface area contributed by atoms with E-state index in [2.05, 4.69) is 15.5 Å². The van der Waals surface area contributed by atoms with Crippen LogP contribution in [-0.4, -0.2) is 27.8 Å². The molecule has 1 aromatic heterocycles. The third-order valence-corrected chi connectivity index (χ3v) is 6.64. The molecule has 0 radical (unpaired) electrons. The van der Waals surface area contributed by atoms with E-state index < -0.39 is 0 Å². The van der Waals surface area contributed by atoms with Gasteiger partial charge in [-0.3, -0.25) is 9.36 Å². The Bertz CT molecular complexity index is 1300. The highest BCUT2D eigenvalue weighted by Crippen LogP contribution is 2.29. The van der Waals surface area contributed by atoms with Gasteiger partial charge >= 0.3 is 0 Å². The summed E-state index contributed by atoms with van der Waals surface area (Å²) in [5.41, 5.74) is 2.13. The van der Waals surface area contributed by atoms with Gasteiger partial charge in [0.1, 0.15) is 11.6 Å². The number of benzene rings is 3. The zero-order valence-corrected chi connectivity index (χ0v) is 20.3. The van der Waals surface area contributed by atoms with E-state index >= 15 is 0 Å². The fourth-order valence-electron chi connectivity index (χ4n) is 3.12. The van der Waals surface area contributed by atoms with Gasteiger partial charge in [-0.2, -0.15) is 0 Å². The van der Waals surface area contributed by atoms with Crippen molar-refractivity contribution in [1.82, 2.24) is 20.1 Å². The van der Waals surface area contributed by atoms with Crippen LogP contribution in [0.5, 0.6) is 5.75 Å². The van der Waals surface area contributed by atoms with Gasteiger partial charge in [0.15, 0.2) is 11.0 Å². The number of halogens is 3. The summed E-state index contributed by atoms with van der Waals surface area (Å²) in [5, 5.41) is 12.9. The molecule has 6 nitrogen and oxygen atoms in total. The molecule has 0 fully saturated rings. The van der Waals surface area contributed by atoms with Gasteiger partial charge in [-0.15, -0.1) is 10.2 Å². The molecule has 1 heterocycles. The van der Waals surface area contributed by atoms with Crippen LogP contribution in [0.4, 0.5) is 4.39 Å². The number of aromatic nitrogens is 3. The van der Waals surface area contributed by atoms with Crippen molar-refractivity contribution >= 4 is 40.9 Å². The molecule has 174 valence electrons. The minimum atomic E-state index is -0.289. The maximum atomic E-state index is 13.2. The van der Waals surface area contributed by atoms with E-state index in [0.717, 1.165) is 5.56 Å². The molecule has 10 heteroatoms. The number of rotatable bonds is 8. The monoisotopic (exact) mass is 516 g/mol. The Kier molecular flexibility index (Phi) is 7.72. The van der Waals surface area contributed by atoms with E-state index in [1.165, 1.54) is 23.9 Å². The lowest BCUT2D eigenvalue weighted by molar-refractivity contribution is 0.0949. The summed E-state index contributed by atoms with van der Waals surface area (Å²) < 4.78 is 20.2. The Labute approximate surface area is 210 Å². The number of nitrogens with one attached hydrogen (secondary N) is 1. The molecule has 0 atom stereocenters. The molecule has 1 amide bonds. The Morgan fingerprint density at radius 3 is 2.44 bits per heavy atom. The number of thioether (sulfide) groups is 1. The second-order valence-electron chi connectivity index (χ2n) is 7.16. The van der Waals surface area contributed by atoms with Gasteiger partial charge in [-0.25, -0.2) is 4.39 Å². The number of nitrogens with zero attached hydrogens (tertiary/aromatic N) is 3. The highest BCUT2D eigenvalue weighted by Gasteiger charge is 2.17. The van der Waals surface area contributed by atoms with Crippen LogP contribution in [0.3, 0.4) is 0 Å². The van der Waals surface area contributed by atoms with Crippen LogP contribution < -0.4 is 10.1 Å². The second kappa shape index (κ2) is 10.9. The molecule has 4 aromatic rings. The molecule has 3 aromatic carbocycles. The second-order valence-corrected chi connectivity index (χ2v) is 8.92. The van der Waals surface area contributed by atoms with Crippen LogP contribution in [0.25, 0.3) is 5.69 Å². The van der Waals surface area contributed by atoms with Gasteiger partial charge in [0.25, 0.3) is 5.91 Å². The fraction of sp³-hybridized carbons (Fsp3) is 0.125. The van der Waals surface area contributed by atoms with E-state index in [9.17, 15) is 9.18 Å². The molecular weight excluding hydrogens is 498 g/mol. The smallest absolute Gasteiger partial charge is 0.251 e. The lowest BCUT2D eigenvalue weighted by Crippen LogP contribution is -2.24. The van der Waals surface area contributed by atoms with Gasteiger partial charge < -0.3 is 10.1 Å². The van der Waals surface area contributed by atoms with Crippen molar-refractivity contribution in [3.05, 3.63) is 99.5 Å². The van der Waals surface area contributed by atoms with E-state index in [1.54, 1.807) is 61.7 Å². The van der Waals surface area contributed by atoms with Crippen molar-refractivity contribution in [3.63, 3.8) is 0 Å². The Hall–Kier alpha value is -3.07. The van der Waals surface area contributed by atoms with Crippen LogP contribution in [-0.2, 0) is 12.3 Å². The molecule has 4 rings (SSSR count). The van der Waals surface area contributed by atoms with Crippen molar-refractivity contribution in [1.29, 1.82) is 0 Å². The first-order chi connectivity index (χ1) is 16.4. The maximum Gasteiger partial charge on any atom is 0.251 e. The summed E-state index contributed by atoms with van der Waals surface area (Å²) in [5.74, 6) is 1.19. The first kappa shape index (κ1) is 24.1. The Morgan fingerprint density at radius 2 is 1.76 bits per heavy atom. The third-order valence-electron chi connectivity index (χ3n) is 4.90. The van der Waals surface area contributed by atoms with Crippen molar-refractivity contribution in [2.45, 2.75) is 17.5 Å². The largest absolute Gasteiger partial charge is 0.497 e. The molecule has 0 bridgehead atoms. The standard InChI is InChI=1S/C24H19Cl2FN4O2S/c1-33-19-9-4-16(5-10-19)23(32)28-13-22-29-30-24(34-14-15-2-6-17(27)7-3-15)31(22)18-8-11-20(25)21(26)12-18/h2-12H,13-14H2,1H3,(H,28,32). The van der Waals surface area contributed by atoms with Gasteiger partial charge in [0.2, 0.25) is 0 Å². The average Bonchev–Trinajstić information content (AvgIpc) is 3.26. The SMILES string of the molecule is COc1ccc(C(=O)NCc2nnc(SCc3ccc(F)cc3)n2-c2ccc(Cl)c(Cl)c2)cc1. The number of hydrogen-bond acceptors (Lipinski definition) is 5. The molecule has 0 spiro atoms. The predicted octanol–water partition coefficient (Wildman–Crippen LogP) is 5.94.